The number of carbonyl (C=O) groups is 1. The quantitative estimate of drug-likeness (QED) is 0.788. The van der Waals surface area contributed by atoms with Crippen LogP contribution in [0, 0.1) is 0 Å². The van der Waals surface area contributed by atoms with E-state index in [1.54, 1.807) is 6.07 Å². The van der Waals surface area contributed by atoms with Crippen molar-refractivity contribution in [1.29, 1.82) is 0 Å². The van der Waals surface area contributed by atoms with Crippen LogP contribution in [0.1, 0.15) is 29.0 Å². The van der Waals surface area contributed by atoms with E-state index < -0.39 is 5.97 Å². The van der Waals surface area contributed by atoms with Gasteiger partial charge < -0.3 is 10.8 Å². The molecule has 3 N–H and O–H groups in total. The van der Waals surface area contributed by atoms with E-state index in [1.807, 2.05) is 30.3 Å². The van der Waals surface area contributed by atoms with E-state index >= 15 is 0 Å². The maximum absolute atomic E-state index is 11.0. The third kappa shape index (κ3) is 5.87. The van der Waals surface area contributed by atoms with Gasteiger partial charge in [-0.1, -0.05) is 48.0 Å². The van der Waals surface area contributed by atoms with Crippen molar-refractivity contribution in [2.75, 3.05) is 6.54 Å². The Morgan fingerprint density at radius 1 is 1.13 bits per heavy atom. The Hall–Kier alpha value is -1.55. The summed E-state index contributed by atoms with van der Waals surface area (Å²) >= 11 is 6.10. The molecule has 2 aromatic rings. The Morgan fingerprint density at radius 3 is 2.43 bits per heavy atom. The molecular weight excluding hydrogens is 333 g/mol. The van der Waals surface area contributed by atoms with Gasteiger partial charge in [0.2, 0.25) is 0 Å². The zero-order valence-electron chi connectivity index (χ0n) is 12.7. The van der Waals surface area contributed by atoms with Crippen molar-refractivity contribution in [3.63, 3.8) is 0 Å². The lowest BCUT2D eigenvalue weighted by Crippen LogP contribution is -2.18. The van der Waals surface area contributed by atoms with Crippen LogP contribution >= 0.6 is 24.0 Å². The average molecular weight is 354 g/mol. The van der Waals surface area contributed by atoms with E-state index in [4.69, 9.17) is 22.4 Å². The van der Waals surface area contributed by atoms with Gasteiger partial charge >= 0.3 is 5.97 Å². The first-order valence-electron chi connectivity index (χ1n) is 7.34. The summed E-state index contributed by atoms with van der Waals surface area (Å²) in [4.78, 5) is 11.0. The first kappa shape index (κ1) is 19.5. The molecule has 0 aromatic heterocycles. The number of rotatable bonds is 7. The summed E-state index contributed by atoms with van der Waals surface area (Å²) in [6, 6.07) is 15.8. The number of hydrogen-bond acceptors (Lipinski definition) is 2. The van der Waals surface area contributed by atoms with Crippen LogP contribution in [0.3, 0.4) is 0 Å². The molecule has 1 atom stereocenters. The predicted octanol–water partition coefficient (Wildman–Crippen LogP) is 4.06. The minimum atomic E-state index is -0.834. The van der Waals surface area contributed by atoms with Gasteiger partial charge in [-0.15, -0.1) is 12.4 Å². The zero-order valence-corrected chi connectivity index (χ0v) is 14.3. The first-order valence-corrected chi connectivity index (χ1v) is 7.72. The van der Waals surface area contributed by atoms with E-state index in [-0.39, 0.29) is 24.7 Å². The van der Waals surface area contributed by atoms with Gasteiger partial charge in [0.1, 0.15) is 0 Å². The Kier molecular flexibility index (Phi) is 8.10. The van der Waals surface area contributed by atoms with Gasteiger partial charge in [0.05, 0.1) is 6.42 Å². The number of halogens is 2. The minimum absolute atomic E-state index is 0. The van der Waals surface area contributed by atoms with Crippen LogP contribution in [0.4, 0.5) is 0 Å². The number of carboxylic acid groups (broad SMARTS) is 1. The molecule has 0 unspecified atom stereocenters. The van der Waals surface area contributed by atoms with Crippen LogP contribution in [0.5, 0.6) is 0 Å². The molecule has 0 saturated heterocycles. The molecule has 0 heterocycles. The lowest BCUT2D eigenvalue weighted by Gasteiger charge is -2.18. The van der Waals surface area contributed by atoms with Gasteiger partial charge in [-0.3, -0.25) is 4.79 Å². The van der Waals surface area contributed by atoms with E-state index in [2.05, 4.69) is 12.1 Å². The van der Waals surface area contributed by atoms with E-state index in [0.29, 0.717) is 11.6 Å². The molecule has 0 amide bonds. The highest BCUT2D eigenvalue weighted by Crippen LogP contribution is 2.26. The van der Waals surface area contributed by atoms with Crippen LogP contribution in [-0.4, -0.2) is 17.6 Å². The molecule has 0 aliphatic rings. The SMILES string of the molecule is Cl.NC[C@H](CC(=O)O)c1ccc(Cl)cc1CCc1ccccc1. The van der Waals surface area contributed by atoms with Crippen LogP contribution in [0.25, 0.3) is 0 Å². The predicted molar refractivity (Wildman–Crippen MR) is 96.6 cm³/mol. The lowest BCUT2D eigenvalue weighted by molar-refractivity contribution is -0.137. The summed E-state index contributed by atoms with van der Waals surface area (Å²) in [5.74, 6) is -1.01. The Balaban J connectivity index is 0.00000264. The Labute approximate surface area is 147 Å². The van der Waals surface area contributed by atoms with Crippen LogP contribution in [-0.2, 0) is 17.6 Å². The summed E-state index contributed by atoms with van der Waals surface area (Å²) < 4.78 is 0. The highest BCUT2D eigenvalue weighted by molar-refractivity contribution is 6.30. The van der Waals surface area contributed by atoms with Gasteiger partial charge in [0.25, 0.3) is 0 Å². The third-order valence-electron chi connectivity index (χ3n) is 3.78. The van der Waals surface area contributed by atoms with Crippen LogP contribution < -0.4 is 5.73 Å². The Morgan fingerprint density at radius 2 is 1.83 bits per heavy atom. The summed E-state index contributed by atoms with van der Waals surface area (Å²) in [6.45, 7) is 0.312. The topological polar surface area (TPSA) is 63.3 Å². The molecule has 0 fully saturated rings. The van der Waals surface area contributed by atoms with Crippen molar-refractivity contribution in [3.8, 4) is 0 Å². The molecule has 3 nitrogen and oxygen atoms in total. The van der Waals surface area contributed by atoms with Gasteiger partial charge in [0.15, 0.2) is 0 Å². The molecule has 0 bridgehead atoms. The second-order valence-corrected chi connectivity index (χ2v) is 5.80. The molecule has 2 aromatic carbocycles. The van der Waals surface area contributed by atoms with Crippen molar-refractivity contribution >= 4 is 30.0 Å². The number of carboxylic acids is 1. The average Bonchev–Trinajstić information content (AvgIpc) is 2.52. The smallest absolute Gasteiger partial charge is 0.304 e. The largest absolute Gasteiger partial charge is 0.481 e. The van der Waals surface area contributed by atoms with Crippen molar-refractivity contribution in [2.24, 2.45) is 5.73 Å². The lowest BCUT2D eigenvalue weighted by atomic mass is 9.89. The normalized spacial score (nSPS) is 11.6. The van der Waals surface area contributed by atoms with Crippen molar-refractivity contribution < 1.29 is 9.90 Å². The van der Waals surface area contributed by atoms with Gasteiger partial charge in [0, 0.05) is 10.9 Å². The summed E-state index contributed by atoms with van der Waals surface area (Å²) in [7, 11) is 0. The minimum Gasteiger partial charge on any atom is -0.481 e. The van der Waals surface area contributed by atoms with Crippen LogP contribution in [0.2, 0.25) is 5.02 Å². The molecule has 124 valence electrons. The molecule has 0 saturated carbocycles. The first-order chi connectivity index (χ1) is 10.6. The molecule has 23 heavy (non-hydrogen) atoms. The van der Waals surface area contributed by atoms with Gasteiger partial charge in [-0.05, 0) is 48.2 Å². The molecule has 2 rings (SSSR count). The third-order valence-corrected chi connectivity index (χ3v) is 4.01. The van der Waals surface area contributed by atoms with Gasteiger partial charge in [-0.25, -0.2) is 0 Å². The summed E-state index contributed by atoms with van der Waals surface area (Å²) in [5, 5.41) is 9.71. The number of benzene rings is 2. The van der Waals surface area contributed by atoms with E-state index in [9.17, 15) is 4.79 Å². The molecular formula is C18H21Cl2NO2. The molecule has 0 radical (unpaired) electrons. The zero-order chi connectivity index (χ0) is 15.9. The second kappa shape index (κ2) is 9.56. The molecule has 0 spiro atoms. The highest BCUT2D eigenvalue weighted by Gasteiger charge is 2.17. The number of nitrogens with two attached hydrogens (primary N) is 1. The number of hydrogen-bond donors (Lipinski definition) is 2. The fourth-order valence-electron chi connectivity index (χ4n) is 2.64. The standard InChI is InChI=1S/C18H20ClNO2.ClH/c19-16-8-9-17(15(12-20)11-18(21)22)14(10-16)7-6-13-4-2-1-3-5-13;/h1-5,8-10,15H,6-7,11-12,20H2,(H,21,22);1H/t15-;/m0./s1. The number of aliphatic carboxylic acids is 1. The fraction of sp³-hybridized carbons (Fsp3) is 0.278. The van der Waals surface area contributed by atoms with Crippen LogP contribution in [0.15, 0.2) is 48.5 Å². The maximum Gasteiger partial charge on any atom is 0.304 e. The van der Waals surface area contributed by atoms with E-state index in [1.165, 1.54) is 5.56 Å². The fourth-order valence-corrected chi connectivity index (χ4v) is 2.84. The summed E-state index contributed by atoms with van der Waals surface area (Å²) in [5.41, 5.74) is 9.09. The van der Waals surface area contributed by atoms with Crippen molar-refractivity contribution in [2.45, 2.75) is 25.2 Å². The van der Waals surface area contributed by atoms with Gasteiger partial charge in [-0.2, -0.15) is 0 Å². The molecule has 0 aliphatic heterocycles. The monoisotopic (exact) mass is 353 g/mol. The maximum atomic E-state index is 11.0. The molecule has 5 heteroatoms. The van der Waals surface area contributed by atoms with Crippen molar-refractivity contribution in [1.82, 2.24) is 0 Å². The highest BCUT2D eigenvalue weighted by atomic mass is 35.5. The number of aryl methyl sites for hydroxylation is 2. The Bertz CT molecular complexity index is 632. The second-order valence-electron chi connectivity index (χ2n) is 5.36. The van der Waals surface area contributed by atoms with E-state index in [0.717, 1.165) is 24.0 Å². The molecule has 0 aliphatic carbocycles. The summed E-state index contributed by atoms with van der Waals surface area (Å²) in [6.07, 6.45) is 1.74. The van der Waals surface area contributed by atoms with Crippen molar-refractivity contribution in [3.05, 3.63) is 70.2 Å².